The molecule has 0 spiro atoms. The second kappa shape index (κ2) is 9.66. The van der Waals surface area contributed by atoms with Crippen molar-refractivity contribution in [1.29, 1.82) is 0 Å². The van der Waals surface area contributed by atoms with Crippen LogP contribution in [0.5, 0.6) is 11.5 Å². The number of nitrogens with one attached hydrogen (secondary N) is 1. The normalized spacial score (nSPS) is 13.1. The molecule has 0 radical (unpaired) electrons. The number of ether oxygens (including phenoxy) is 1. The lowest BCUT2D eigenvalue weighted by Crippen LogP contribution is -2.34. The zero-order valence-electron chi connectivity index (χ0n) is 16.5. The van der Waals surface area contributed by atoms with E-state index in [-0.39, 0.29) is 29.0 Å². The third-order valence-electron chi connectivity index (χ3n) is 4.38. The first-order chi connectivity index (χ1) is 13.5. The van der Waals surface area contributed by atoms with Crippen molar-refractivity contribution in [2.45, 2.75) is 58.0 Å². The van der Waals surface area contributed by atoms with Crippen molar-refractivity contribution in [1.82, 2.24) is 10.5 Å². The zero-order chi connectivity index (χ0) is 21.8. The van der Waals surface area contributed by atoms with E-state index in [1.807, 2.05) is 0 Å². The number of rotatable bonds is 10. The molecular weight excluding hydrogens is 406 g/mol. The number of halogens is 2. The molecule has 1 atom stereocenters. The van der Waals surface area contributed by atoms with E-state index < -0.39 is 30.7 Å². The van der Waals surface area contributed by atoms with Gasteiger partial charge in [0.15, 0.2) is 11.5 Å². The molecule has 0 aliphatic heterocycles. The molecule has 1 heterocycles. The summed E-state index contributed by atoms with van der Waals surface area (Å²) in [6.45, 7) is 5.13. The molecule has 1 aromatic carbocycles. The number of nitrogens with zero attached hydrogens (tertiary/aromatic N) is 1. The lowest BCUT2D eigenvalue weighted by Gasteiger charge is -2.20. The Kier molecular flexibility index (Phi) is 7.75. The summed E-state index contributed by atoms with van der Waals surface area (Å²) in [7, 11) is 0. The standard InChI is InChI=1S/C19H26F2N2O5S/c1-11(2)23(27)18(25)4-6-19(20,21)17-9-13-8-15(14(24)10-16(13)29-17)28-7-5-12(3)22-26/h8-12,22,24,26-27H,4-7H2,1-3H3. The fraction of sp³-hybridized carbons (Fsp3) is 0.526. The van der Waals surface area contributed by atoms with Crippen molar-refractivity contribution >= 4 is 27.3 Å². The Morgan fingerprint density at radius 2 is 2.00 bits per heavy atom. The Bertz CT molecular complexity index is 843. The van der Waals surface area contributed by atoms with Gasteiger partial charge in [0.25, 0.3) is 5.92 Å². The molecule has 2 aromatic rings. The molecule has 0 fully saturated rings. The van der Waals surface area contributed by atoms with Gasteiger partial charge in [-0.25, -0.2) is 19.3 Å². The van der Waals surface area contributed by atoms with Gasteiger partial charge in [-0.3, -0.25) is 10.0 Å². The van der Waals surface area contributed by atoms with Gasteiger partial charge < -0.3 is 15.1 Å². The molecule has 1 aromatic heterocycles. The Hall–Kier alpha value is -2.01. The molecule has 2 rings (SSSR count). The van der Waals surface area contributed by atoms with Crippen LogP contribution >= 0.6 is 11.3 Å². The Balaban J connectivity index is 2.12. The molecule has 0 aliphatic rings. The number of hydroxylamine groups is 3. The first kappa shape index (κ1) is 23.3. The minimum atomic E-state index is -3.25. The first-order valence-electron chi connectivity index (χ1n) is 9.23. The number of benzene rings is 1. The van der Waals surface area contributed by atoms with Crippen LogP contribution in [0.15, 0.2) is 18.2 Å². The predicted octanol–water partition coefficient (Wildman–Crippen LogP) is 4.24. The lowest BCUT2D eigenvalue weighted by atomic mass is 10.1. The van der Waals surface area contributed by atoms with E-state index in [9.17, 15) is 23.9 Å². The molecule has 1 unspecified atom stereocenters. The number of carbonyl (C=O) groups excluding carboxylic acids is 1. The van der Waals surface area contributed by atoms with E-state index >= 15 is 0 Å². The lowest BCUT2D eigenvalue weighted by molar-refractivity contribution is -0.174. The second-order valence-corrected chi connectivity index (χ2v) is 8.26. The van der Waals surface area contributed by atoms with E-state index in [0.717, 1.165) is 11.3 Å². The zero-order valence-corrected chi connectivity index (χ0v) is 17.3. The summed E-state index contributed by atoms with van der Waals surface area (Å²) >= 11 is 0.830. The number of phenols is 1. The average Bonchev–Trinajstić information content (AvgIpc) is 3.09. The topological polar surface area (TPSA) is 102 Å². The maximum absolute atomic E-state index is 14.6. The summed E-state index contributed by atoms with van der Waals surface area (Å²) in [4.78, 5) is 11.5. The molecule has 0 saturated heterocycles. The number of alkyl halides is 2. The first-order valence-corrected chi connectivity index (χ1v) is 10.0. The Labute approximate surface area is 171 Å². The molecule has 162 valence electrons. The third-order valence-corrected chi connectivity index (χ3v) is 5.59. The highest BCUT2D eigenvalue weighted by molar-refractivity contribution is 7.19. The van der Waals surface area contributed by atoms with Crippen LogP contribution in [-0.2, 0) is 10.7 Å². The number of aromatic hydroxyl groups is 1. The van der Waals surface area contributed by atoms with E-state index in [0.29, 0.717) is 21.6 Å². The van der Waals surface area contributed by atoms with Crippen molar-refractivity contribution < 1.29 is 33.8 Å². The van der Waals surface area contributed by atoms with Gasteiger partial charge in [-0.2, -0.15) is 0 Å². The highest BCUT2D eigenvalue weighted by Crippen LogP contribution is 2.43. The van der Waals surface area contributed by atoms with Crippen LogP contribution in [0.4, 0.5) is 8.78 Å². The number of phenolic OH excluding ortho intramolecular Hbond substituents is 1. The molecule has 0 bridgehead atoms. The molecule has 10 heteroatoms. The summed E-state index contributed by atoms with van der Waals surface area (Å²) in [5.41, 5.74) is 2.08. The summed E-state index contributed by atoms with van der Waals surface area (Å²) in [6, 6.07) is 3.48. The molecule has 0 saturated carbocycles. The largest absolute Gasteiger partial charge is 0.504 e. The van der Waals surface area contributed by atoms with Gasteiger partial charge in [-0.05, 0) is 44.7 Å². The van der Waals surface area contributed by atoms with Gasteiger partial charge in [0.1, 0.15) is 0 Å². The van der Waals surface area contributed by atoms with Crippen LogP contribution in [-0.4, -0.2) is 45.2 Å². The number of hydrogen-bond acceptors (Lipinski definition) is 7. The average molecular weight is 432 g/mol. The Morgan fingerprint density at radius 1 is 1.31 bits per heavy atom. The minimum absolute atomic E-state index is 0.165. The maximum Gasteiger partial charge on any atom is 0.282 e. The molecule has 4 N–H and O–H groups in total. The summed E-state index contributed by atoms with van der Waals surface area (Å²) in [5.74, 6) is -4.02. The molecular formula is C19H26F2N2O5S. The van der Waals surface area contributed by atoms with Crippen LogP contribution in [0.3, 0.4) is 0 Å². The third kappa shape index (κ3) is 5.99. The van der Waals surface area contributed by atoms with Crippen LogP contribution in [0.25, 0.3) is 10.1 Å². The maximum atomic E-state index is 14.6. The van der Waals surface area contributed by atoms with Crippen LogP contribution in [0.2, 0.25) is 0 Å². The van der Waals surface area contributed by atoms with E-state index in [2.05, 4.69) is 5.48 Å². The quantitative estimate of drug-likeness (QED) is 0.331. The summed E-state index contributed by atoms with van der Waals surface area (Å²) < 4.78 is 35.1. The number of fused-ring (bicyclic) bond motifs is 1. The van der Waals surface area contributed by atoms with Crippen molar-refractivity contribution in [3.05, 3.63) is 23.1 Å². The smallest absolute Gasteiger partial charge is 0.282 e. The SMILES string of the molecule is CC(CCOc1cc2cc(C(F)(F)CCC(=O)N(O)C(C)C)sc2cc1O)NO. The van der Waals surface area contributed by atoms with Gasteiger partial charge in [-0.15, -0.1) is 11.3 Å². The number of amides is 1. The number of hydrogen-bond donors (Lipinski definition) is 4. The molecule has 29 heavy (non-hydrogen) atoms. The molecule has 0 aliphatic carbocycles. The van der Waals surface area contributed by atoms with E-state index in [1.165, 1.54) is 18.2 Å². The highest BCUT2D eigenvalue weighted by atomic mass is 32.1. The molecule has 1 amide bonds. The van der Waals surface area contributed by atoms with E-state index in [1.54, 1.807) is 20.8 Å². The number of carbonyl (C=O) groups is 1. The van der Waals surface area contributed by atoms with Gasteiger partial charge in [-0.1, -0.05) is 0 Å². The fourth-order valence-electron chi connectivity index (χ4n) is 2.55. The van der Waals surface area contributed by atoms with Gasteiger partial charge in [0, 0.05) is 29.6 Å². The van der Waals surface area contributed by atoms with Crippen molar-refractivity contribution in [2.75, 3.05) is 6.61 Å². The monoisotopic (exact) mass is 432 g/mol. The molecule has 7 nitrogen and oxygen atoms in total. The Morgan fingerprint density at radius 3 is 2.62 bits per heavy atom. The van der Waals surface area contributed by atoms with Gasteiger partial charge in [0.05, 0.1) is 17.5 Å². The van der Waals surface area contributed by atoms with Gasteiger partial charge in [0.2, 0.25) is 5.91 Å². The van der Waals surface area contributed by atoms with Crippen LogP contribution < -0.4 is 10.2 Å². The van der Waals surface area contributed by atoms with Crippen molar-refractivity contribution in [3.63, 3.8) is 0 Å². The second-order valence-electron chi connectivity index (χ2n) is 7.17. The summed E-state index contributed by atoms with van der Waals surface area (Å²) in [5, 5.41) is 29.3. The minimum Gasteiger partial charge on any atom is -0.504 e. The van der Waals surface area contributed by atoms with Crippen molar-refractivity contribution in [3.8, 4) is 11.5 Å². The van der Waals surface area contributed by atoms with Crippen LogP contribution in [0, 0.1) is 0 Å². The van der Waals surface area contributed by atoms with Crippen molar-refractivity contribution in [2.24, 2.45) is 0 Å². The highest BCUT2D eigenvalue weighted by Gasteiger charge is 2.35. The predicted molar refractivity (Wildman–Crippen MR) is 105 cm³/mol. The van der Waals surface area contributed by atoms with Crippen LogP contribution in [0.1, 0.15) is 44.9 Å². The summed E-state index contributed by atoms with van der Waals surface area (Å²) in [6.07, 6.45) is -0.746. The van der Waals surface area contributed by atoms with E-state index in [4.69, 9.17) is 9.94 Å². The fourth-order valence-corrected chi connectivity index (χ4v) is 3.63. The van der Waals surface area contributed by atoms with Gasteiger partial charge >= 0.3 is 0 Å². The number of thiophene rings is 1.